The molecule has 0 unspecified atom stereocenters. The van der Waals surface area contributed by atoms with E-state index >= 15 is 0 Å². The molecule has 2 atom stereocenters. The smallest absolute Gasteiger partial charge is 0.390 e. The lowest BCUT2D eigenvalue weighted by Crippen LogP contribution is -2.40. The summed E-state index contributed by atoms with van der Waals surface area (Å²) in [6.45, 7) is -0.180. The van der Waals surface area contributed by atoms with E-state index in [0.717, 1.165) is 0 Å². The summed E-state index contributed by atoms with van der Waals surface area (Å²) in [5.74, 6) is -2.30. The predicted octanol–water partition coefficient (Wildman–Crippen LogP) is -0.322. The first-order chi connectivity index (χ1) is 9.08. The Hall–Kier alpha value is -1.20. The van der Waals surface area contributed by atoms with Crippen molar-refractivity contribution in [2.45, 2.75) is 24.9 Å². The fraction of sp³-hybridized carbons (Fsp3) is 0.778. The summed E-state index contributed by atoms with van der Waals surface area (Å²) in [6, 6.07) is -0.707. The third-order valence-electron chi connectivity index (χ3n) is 2.97. The second-order valence-corrected chi connectivity index (χ2v) is 6.79. The van der Waals surface area contributed by atoms with E-state index in [2.05, 4.69) is 14.7 Å². The molecule has 0 amide bonds. The Bertz CT molecular complexity index is 586. The molecule has 1 aromatic rings. The quantitative estimate of drug-likeness (QED) is 0.816. The van der Waals surface area contributed by atoms with Gasteiger partial charge in [0.25, 0.3) is 5.82 Å². The molecule has 1 aliphatic rings. The predicted molar refractivity (Wildman–Crippen MR) is 59.2 cm³/mol. The first kappa shape index (κ1) is 15.2. The molecule has 0 saturated carbocycles. The first-order valence-corrected chi connectivity index (χ1v) is 7.39. The van der Waals surface area contributed by atoms with Crippen molar-refractivity contribution in [3.05, 3.63) is 11.7 Å². The van der Waals surface area contributed by atoms with Gasteiger partial charge in [-0.25, -0.2) is 8.42 Å². The highest BCUT2D eigenvalue weighted by Gasteiger charge is 2.40. The molecule has 0 radical (unpaired) electrons. The van der Waals surface area contributed by atoms with Gasteiger partial charge >= 0.3 is 6.18 Å². The number of sulfone groups is 1. The fourth-order valence-corrected chi connectivity index (χ4v) is 3.87. The van der Waals surface area contributed by atoms with Crippen molar-refractivity contribution in [1.82, 2.24) is 15.0 Å². The fourth-order valence-electron chi connectivity index (χ4n) is 2.00. The molecule has 114 valence electrons. The minimum atomic E-state index is -4.70. The van der Waals surface area contributed by atoms with Gasteiger partial charge in [0, 0.05) is 0 Å². The van der Waals surface area contributed by atoms with Crippen LogP contribution in [0.4, 0.5) is 13.2 Å². The Morgan fingerprint density at radius 1 is 1.45 bits per heavy atom. The molecule has 1 saturated heterocycles. The normalized spacial score (nSPS) is 26.3. The molecule has 0 bridgehead atoms. The molecule has 0 aliphatic carbocycles. The zero-order valence-electron chi connectivity index (χ0n) is 10.3. The number of halogens is 3. The Morgan fingerprint density at radius 3 is 2.55 bits per heavy atom. The van der Waals surface area contributed by atoms with E-state index < -0.39 is 34.0 Å². The number of hydrogen-bond acceptors (Lipinski definition) is 7. The summed E-state index contributed by atoms with van der Waals surface area (Å²) in [7, 11) is -1.87. The van der Waals surface area contributed by atoms with Gasteiger partial charge < -0.3 is 9.63 Å². The molecule has 1 aliphatic heterocycles. The zero-order chi connectivity index (χ0) is 15.1. The van der Waals surface area contributed by atoms with E-state index in [9.17, 15) is 26.7 Å². The van der Waals surface area contributed by atoms with Crippen LogP contribution in [-0.2, 0) is 22.6 Å². The maximum atomic E-state index is 12.3. The molecule has 11 heteroatoms. The lowest BCUT2D eigenvalue weighted by atomic mass is 10.2. The van der Waals surface area contributed by atoms with Crippen LogP contribution in [0.1, 0.15) is 11.7 Å². The number of aliphatic hydroxyl groups excluding tert-OH is 1. The number of hydrogen-bond donors (Lipinski definition) is 1. The Kier molecular flexibility index (Phi) is 3.77. The van der Waals surface area contributed by atoms with Gasteiger partial charge in [0.15, 0.2) is 9.84 Å². The summed E-state index contributed by atoms with van der Waals surface area (Å²) in [6.07, 6.45) is -5.79. The highest BCUT2D eigenvalue weighted by molar-refractivity contribution is 7.91. The van der Waals surface area contributed by atoms with Gasteiger partial charge in [-0.2, -0.15) is 18.2 Å². The topological polar surface area (TPSA) is 96.5 Å². The molecular formula is C9H12F3N3O4S. The summed E-state index contributed by atoms with van der Waals surface area (Å²) < 4.78 is 64.0. The van der Waals surface area contributed by atoms with E-state index in [4.69, 9.17) is 0 Å². The van der Waals surface area contributed by atoms with Crippen LogP contribution in [0.2, 0.25) is 0 Å². The molecular weight excluding hydrogens is 303 g/mol. The van der Waals surface area contributed by atoms with Crippen LogP contribution in [0, 0.1) is 0 Å². The van der Waals surface area contributed by atoms with Crippen molar-refractivity contribution >= 4 is 9.84 Å². The number of aliphatic hydroxyl groups is 1. The van der Waals surface area contributed by atoms with E-state index in [1.807, 2.05) is 0 Å². The van der Waals surface area contributed by atoms with Crippen molar-refractivity contribution < 1.29 is 31.2 Å². The molecule has 2 heterocycles. The summed E-state index contributed by atoms with van der Waals surface area (Å²) in [5.41, 5.74) is 0. The monoisotopic (exact) mass is 315 g/mol. The van der Waals surface area contributed by atoms with Gasteiger partial charge in [-0.15, -0.1) is 0 Å². The van der Waals surface area contributed by atoms with Crippen molar-refractivity contribution in [2.24, 2.45) is 0 Å². The van der Waals surface area contributed by atoms with Crippen LogP contribution in [0.3, 0.4) is 0 Å². The number of alkyl halides is 3. The molecule has 1 fully saturated rings. The van der Waals surface area contributed by atoms with Crippen molar-refractivity contribution in [2.75, 3.05) is 18.6 Å². The average molecular weight is 315 g/mol. The van der Waals surface area contributed by atoms with Gasteiger partial charge in [0.05, 0.1) is 30.2 Å². The maximum absolute atomic E-state index is 12.3. The van der Waals surface area contributed by atoms with Gasteiger partial charge in [-0.3, -0.25) is 4.90 Å². The third-order valence-corrected chi connectivity index (χ3v) is 4.66. The number of aromatic nitrogens is 2. The van der Waals surface area contributed by atoms with Gasteiger partial charge in [-0.05, 0) is 7.05 Å². The van der Waals surface area contributed by atoms with Crippen LogP contribution < -0.4 is 0 Å². The molecule has 1 aromatic heterocycles. The Morgan fingerprint density at radius 2 is 2.10 bits per heavy atom. The van der Waals surface area contributed by atoms with Gasteiger partial charge in [-0.1, -0.05) is 5.16 Å². The zero-order valence-corrected chi connectivity index (χ0v) is 11.1. The number of rotatable bonds is 3. The average Bonchev–Trinajstić information content (AvgIpc) is 2.82. The van der Waals surface area contributed by atoms with Crippen LogP contribution in [0.25, 0.3) is 0 Å². The highest BCUT2D eigenvalue weighted by atomic mass is 32.2. The third kappa shape index (κ3) is 3.27. The van der Waals surface area contributed by atoms with Crippen LogP contribution >= 0.6 is 0 Å². The van der Waals surface area contributed by atoms with E-state index in [1.165, 1.54) is 11.9 Å². The summed E-state index contributed by atoms with van der Waals surface area (Å²) in [4.78, 5) is 4.56. The molecule has 2 rings (SSSR count). The second kappa shape index (κ2) is 4.97. The molecule has 1 N–H and O–H groups in total. The molecule has 0 spiro atoms. The molecule has 0 aromatic carbocycles. The van der Waals surface area contributed by atoms with Crippen molar-refractivity contribution in [3.63, 3.8) is 0 Å². The van der Waals surface area contributed by atoms with Gasteiger partial charge in [0.2, 0.25) is 5.89 Å². The second-order valence-electron chi connectivity index (χ2n) is 4.64. The molecule has 20 heavy (non-hydrogen) atoms. The lowest BCUT2D eigenvalue weighted by Gasteiger charge is -2.23. The Balaban J connectivity index is 2.05. The SMILES string of the molecule is CN(Cc1nc(C(F)(F)F)no1)[C@@H]1CS(=O)(=O)C[C@H]1O. The van der Waals surface area contributed by atoms with Crippen LogP contribution in [0.5, 0.6) is 0 Å². The summed E-state index contributed by atoms with van der Waals surface area (Å²) in [5, 5.41) is 12.4. The van der Waals surface area contributed by atoms with Crippen LogP contribution in [0.15, 0.2) is 4.52 Å². The standard InChI is InChI=1S/C9H12F3N3O4S/c1-15(5-3-20(17,18)4-6(5)16)2-7-13-8(14-19-7)9(10,11)12/h5-6,16H,2-4H2,1H3/t5-,6-/m1/s1. The van der Waals surface area contributed by atoms with E-state index in [0.29, 0.717) is 0 Å². The van der Waals surface area contributed by atoms with E-state index in [1.54, 1.807) is 0 Å². The minimum Gasteiger partial charge on any atom is -0.390 e. The lowest BCUT2D eigenvalue weighted by molar-refractivity contribution is -0.146. The number of likely N-dealkylation sites (N-methyl/N-ethyl adjacent to an activating group) is 1. The maximum Gasteiger partial charge on any atom is 0.455 e. The van der Waals surface area contributed by atoms with Crippen molar-refractivity contribution in [1.29, 1.82) is 0 Å². The summed E-state index contributed by atoms with van der Waals surface area (Å²) >= 11 is 0. The Labute approximate surface area is 112 Å². The van der Waals surface area contributed by atoms with Crippen molar-refractivity contribution in [3.8, 4) is 0 Å². The highest BCUT2D eigenvalue weighted by Crippen LogP contribution is 2.26. The van der Waals surface area contributed by atoms with E-state index in [-0.39, 0.29) is 23.9 Å². The first-order valence-electron chi connectivity index (χ1n) is 5.57. The largest absolute Gasteiger partial charge is 0.455 e. The van der Waals surface area contributed by atoms with Crippen LogP contribution in [-0.4, -0.2) is 59.3 Å². The van der Waals surface area contributed by atoms with Gasteiger partial charge in [0.1, 0.15) is 0 Å². The number of nitrogens with zero attached hydrogens (tertiary/aromatic N) is 3. The molecule has 7 nitrogen and oxygen atoms in total. The minimum absolute atomic E-state index is 0.180.